The third-order valence-electron chi connectivity index (χ3n) is 6.48. The summed E-state index contributed by atoms with van der Waals surface area (Å²) in [4.78, 5) is 15.7. The van der Waals surface area contributed by atoms with Gasteiger partial charge in [0, 0.05) is 17.6 Å². The summed E-state index contributed by atoms with van der Waals surface area (Å²) in [6.07, 6.45) is 2.08. The van der Waals surface area contributed by atoms with Crippen LogP contribution in [0.4, 0.5) is 10.5 Å². The molecule has 0 saturated carbocycles. The van der Waals surface area contributed by atoms with Crippen molar-refractivity contribution in [2.75, 3.05) is 12.4 Å². The summed E-state index contributed by atoms with van der Waals surface area (Å²) in [5.41, 5.74) is 6.37. The molecule has 0 bridgehead atoms. The number of methoxy groups -OCH3 is 1. The second kappa shape index (κ2) is 9.10. The predicted molar refractivity (Wildman–Crippen MR) is 136 cm³/mol. The first-order valence-electron chi connectivity index (χ1n) is 11.6. The summed E-state index contributed by atoms with van der Waals surface area (Å²) in [6.45, 7) is 4.88. The van der Waals surface area contributed by atoms with Crippen molar-refractivity contribution in [1.82, 2.24) is 9.47 Å². The van der Waals surface area contributed by atoms with E-state index in [0.717, 1.165) is 33.9 Å². The van der Waals surface area contributed by atoms with Crippen LogP contribution in [0.15, 0.2) is 91.1 Å². The molecule has 0 spiro atoms. The van der Waals surface area contributed by atoms with Crippen LogP contribution in [0.2, 0.25) is 0 Å². The normalized spacial score (nSPS) is 14.8. The number of fused-ring (bicyclic) bond motifs is 3. The predicted octanol–water partition coefficient (Wildman–Crippen LogP) is 6.75. The van der Waals surface area contributed by atoms with Crippen molar-refractivity contribution < 1.29 is 9.53 Å². The van der Waals surface area contributed by atoms with Crippen molar-refractivity contribution in [3.8, 4) is 11.4 Å². The maximum atomic E-state index is 13.7. The molecular weight excluding hydrogens is 422 g/mol. The molecule has 0 fully saturated rings. The highest BCUT2D eigenvalue weighted by Gasteiger charge is 2.33. The van der Waals surface area contributed by atoms with Crippen LogP contribution in [0.3, 0.4) is 0 Å². The molecule has 1 aromatic heterocycles. The number of anilines is 1. The van der Waals surface area contributed by atoms with Crippen molar-refractivity contribution >= 4 is 11.7 Å². The number of para-hydroxylation sites is 1. The lowest BCUT2D eigenvalue weighted by Gasteiger charge is -2.31. The van der Waals surface area contributed by atoms with Gasteiger partial charge in [0.15, 0.2) is 0 Å². The molecule has 3 aromatic carbocycles. The van der Waals surface area contributed by atoms with Gasteiger partial charge in [-0.25, -0.2) is 4.79 Å². The van der Waals surface area contributed by atoms with Crippen LogP contribution >= 0.6 is 0 Å². The van der Waals surface area contributed by atoms with Crippen molar-refractivity contribution in [2.45, 2.75) is 32.4 Å². The number of carbonyl (C=O) groups is 1. The topological polar surface area (TPSA) is 46.5 Å². The largest absolute Gasteiger partial charge is 0.497 e. The Balaban J connectivity index is 1.58. The molecule has 1 aliphatic heterocycles. The van der Waals surface area contributed by atoms with Gasteiger partial charge in [0.1, 0.15) is 5.75 Å². The minimum atomic E-state index is -0.234. The smallest absolute Gasteiger partial charge is 0.322 e. The van der Waals surface area contributed by atoms with Crippen LogP contribution in [0, 0.1) is 0 Å². The van der Waals surface area contributed by atoms with Crippen molar-refractivity contribution in [2.24, 2.45) is 0 Å². The minimum Gasteiger partial charge on any atom is -0.497 e. The van der Waals surface area contributed by atoms with Crippen molar-refractivity contribution in [3.63, 3.8) is 0 Å². The number of amides is 2. The molecule has 5 heteroatoms. The highest BCUT2D eigenvalue weighted by Crippen LogP contribution is 2.37. The van der Waals surface area contributed by atoms with Crippen LogP contribution in [-0.4, -0.2) is 22.6 Å². The monoisotopic (exact) mass is 451 g/mol. The molecule has 4 aromatic rings. The molecule has 172 valence electrons. The van der Waals surface area contributed by atoms with E-state index in [9.17, 15) is 4.79 Å². The van der Waals surface area contributed by atoms with E-state index in [0.29, 0.717) is 12.5 Å². The summed E-state index contributed by atoms with van der Waals surface area (Å²) in [5.74, 6) is 1.20. The summed E-state index contributed by atoms with van der Waals surface area (Å²) < 4.78 is 7.46. The van der Waals surface area contributed by atoms with Gasteiger partial charge in [-0.2, -0.15) is 0 Å². The van der Waals surface area contributed by atoms with Gasteiger partial charge in [0.25, 0.3) is 0 Å². The first-order valence-corrected chi connectivity index (χ1v) is 11.6. The van der Waals surface area contributed by atoms with E-state index in [1.807, 2.05) is 47.4 Å². The second-order valence-electron chi connectivity index (χ2n) is 8.94. The Morgan fingerprint density at radius 1 is 0.941 bits per heavy atom. The summed E-state index contributed by atoms with van der Waals surface area (Å²) in [5, 5.41) is 3.10. The van der Waals surface area contributed by atoms with Crippen LogP contribution in [0.1, 0.15) is 48.2 Å². The van der Waals surface area contributed by atoms with Gasteiger partial charge >= 0.3 is 6.03 Å². The Morgan fingerprint density at radius 2 is 1.68 bits per heavy atom. The second-order valence-corrected chi connectivity index (χ2v) is 8.94. The standard InChI is InChI=1S/C29H29N3O2/c1-20(2)21-10-12-22(13-11-21)28-27-9-6-18-31(27)26-8-5-4-7-23(26)19-32(28)29(33)30-24-14-16-25(34-3)17-15-24/h4-18,20,28H,19H2,1-3H3,(H,30,33)/t28-/m0/s1. The quantitative estimate of drug-likeness (QED) is 0.373. The van der Waals surface area contributed by atoms with Crippen LogP contribution in [-0.2, 0) is 6.54 Å². The summed E-state index contributed by atoms with van der Waals surface area (Å²) in [7, 11) is 1.63. The summed E-state index contributed by atoms with van der Waals surface area (Å²) in [6, 6.07) is 28.1. The Hall–Kier alpha value is -3.99. The maximum Gasteiger partial charge on any atom is 0.322 e. The lowest BCUT2D eigenvalue weighted by Crippen LogP contribution is -2.37. The van der Waals surface area contributed by atoms with Gasteiger partial charge in [-0.1, -0.05) is 56.3 Å². The highest BCUT2D eigenvalue weighted by molar-refractivity contribution is 5.90. The van der Waals surface area contributed by atoms with E-state index in [2.05, 4.69) is 72.4 Å². The zero-order chi connectivity index (χ0) is 23.7. The number of nitrogens with zero attached hydrogens (tertiary/aromatic N) is 2. The molecule has 1 aliphatic rings. The van der Waals surface area contributed by atoms with Gasteiger partial charge in [0.2, 0.25) is 0 Å². The van der Waals surface area contributed by atoms with E-state index >= 15 is 0 Å². The fourth-order valence-corrected chi connectivity index (χ4v) is 4.62. The molecule has 1 N–H and O–H groups in total. The van der Waals surface area contributed by atoms with Crippen LogP contribution in [0.5, 0.6) is 5.75 Å². The van der Waals surface area contributed by atoms with Crippen molar-refractivity contribution in [3.05, 3.63) is 114 Å². The molecule has 2 amide bonds. The fraction of sp³-hybridized carbons (Fsp3) is 0.207. The number of nitrogens with one attached hydrogen (secondary N) is 1. The number of hydrogen-bond acceptors (Lipinski definition) is 2. The van der Waals surface area contributed by atoms with Gasteiger partial charge < -0.3 is 19.5 Å². The molecule has 34 heavy (non-hydrogen) atoms. The van der Waals surface area contributed by atoms with Gasteiger partial charge in [-0.05, 0) is 65.1 Å². The lowest BCUT2D eigenvalue weighted by atomic mass is 9.97. The third-order valence-corrected chi connectivity index (χ3v) is 6.48. The van der Waals surface area contributed by atoms with E-state index in [1.54, 1.807) is 7.11 Å². The average molecular weight is 452 g/mol. The average Bonchev–Trinajstić information content (AvgIpc) is 3.29. The first kappa shape index (κ1) is 21.8. The number of benzene rings is 3. The zero-order valence-corrected chi connectivity index (χ0v) is 19.7. The van der Waals surface area contributed by atoms with E-state index < -0.39 is 0 Å². The van der Waals surface area contributed by atoms with Crippen molar-refractivity contribution in [1.29, 1.82) is 0 Å². The van der Waals surface area contributed by atoms with Gasteiger partial charge in [-0.3, -0.25) is 0 Å². The molecule has 0 radical (unpaired) electrons. The Bertz CT molecular complexity index is 1290. The fourth-order valence-electron chi connectivity index (χ4n) is 4.62. The van der Waals surface area contributed by atoms with E-state index in [-0.39, 0.29) is 12.1 Å². The van der Waals surface area contributed by atoms with E-state index in [1.165, 1.54) is 5.56 Å². The molecule has 2 heterocycles. The number of aromatic nitrogens is 1. The van der Waals surface area contributed by atoms with Gasteiger partial charge in [0.05, 0.1) is 25.4 Å². The molecule has 5 rings (SSSR count). The summed E-state index contributed by atoms with van der Waals surface area (Å²) >= 11 is 0. The minimum absolute atomic E-state index is 0.146. The Labute approximate surface area is 200 Å². The molecule has 0 saturated heterocycles. The molecular formula is C29H29N3O2. The number of carbonyl (C=O) groups excluding carboxylic acids is 1. The zero-order valence-electron chi connectivity index (χ0n) is 19.7. The molecule has 1 atom stereocenters. The number of ether oxygens (including phenoxy) is 1. The van der Waals surface area contributed by atoms with Crippen LogP contribution < -0.4 is 10.1 Å². The molecule has 0 unspecified atom stereocenters. The van der Waals surface area contributed by atoms with Gasteiger partial charge in [-0.15, -0.1) is 0 Å². The SMILES string of the molecule is COc1ccc(NC(=O)N2Cc3ccccc3-n3cccc3[C@@H]2c2ccc(C(C)C)cc2)cc1. The highest BCUT2D eigenvalue weighted by atomic mass is 16.5. The number of rotatable bonds is 4. The maximum absolute atomic E-state index is 13.7. The first-order chi connectivity index (χ1) is 16.5. The Kier molecular flexibility index (Phi) is 5.84. The number of urea groups is 1. The Morgan fingerprint density at radius 3 is 2.38 bits per heavy atom. The molecule has 5 nitrogen and oxygen atoms in total. The lowest BCUT2D eigenvalue weighted by molar-refractivity contribution is 0.194. The van der Waals surface area contributed by atoms with Crippen LogP contribution in [0.25, 0.3) is 5.69 Å². The number of hydrogen-bond donors (Lipinski definition) is 1. The molecule has 0 aliphatic carbocycles. The van der Waals surface area contributed by atoms with E-state index in [4.69, 9.17) is 4.74 Å². The third kappa shape index (κ3) is 4.05.